The van der Waals surface area contributed by atoms with Crippen LogP contribution in [0.1, 0.15) is 18.9 Å². The zero-order valence-corrected chi connectivity index (χ0v) is 19.6. The summed E-state index contributed by atoms with van der Waals surface area (Å²) < 4.78 is 20.9. The van der Waals surface area contributed by atoms with E-state index in [4.69, 9.17) is 21.3 Å². The molecule has 0 fully saturated rings. The summed E-state index contributed by atoms with van der Waals surface area (Å²) >= 11 is 7.58. The number of amides is 2. The third-order valence-corrected chi connectivity index (χ3v) is 5.89. The van der Waals surface area contributed by atoms with Crippen molar-refractivity contribution in [2.75, 3.05) is 20.2 Å². The standard InChI is InChI=1S/C23H26ClFN4O2S/c1-3-26-22(30)27-11-4-12-29-20(16-6-9-19(25)10-7-16)15-32-23(29)28-14-17-5-8-18(24)13-21(17)31-2/h5-10,13,15H,3-4,11-12,14H2,1-2H3,(H2,26,27,30)/b28-23-. The molecule has 0 aliphatic heterocycles. The van der Waals surface area contributed by atoms with E-state index in [0.29, 0.717) is 37.0 Å². The van der Waals surface area contributed by atoms with E-state index in [-0.39, 0.29) is 11.8 Å². The maximum atomic E-state index is 13.4. The Bertz CT molecular complexity index is 1110. The Hall–Kier alpha value is -2.84. The van der Waals surface area contributed by atoms with E-state index < -0.39 is 0 Å². The third-order valence-electron chi connectivity index (χ3n) is 4.75. The predicted octanol–water partition coefficient (Wildman–Crippen LogP) is 4.83. The van der Waals surface area contributed by atoms with Crippen LogP contribution in [0.15, 0.2) is 52.8 Å². The van der Waals surface area contributed by atoms with Crippen molar-refractivity contribution in [1.29, 1.82) is 0 Å². The lowest BCUT2D eigenvalue weighted by Crippen LogP contribution is -2.36. The second-order valence-electron chi connectivity index (χ2n) is 6.97. The van der Waals surface area contributed by atoms with E-state index in [2.05, 4.69) is 15.2 Å². The van der Waals surface area contributed by atoms with Gasteiger partial charge in [0.15, 0.2) is 4.80 Å². The van der Waals surface area contributed by atoms with Gasteiger partial charge in [-0.25, -0.2) is 9.18 Å². The number of ether oxygens (including phenoxy) is 1. The summed E-state index contributed by atoms with van der Waals surface area (Å²) in [5.41, 5.74) is 2.79. The van der Waals surface area contributed by atoms with Crippen LogP contribution in [-0.2, 0) is 13.1 Å². The van der Waals surface area contributed by atoms with Crippen LogP contribution < -0.4 is 20.2 Å². The number of methoxy groups -OCH3 is 1. The molecular formula is C23H26ClFN4O2S. The number of hydrogen-bond donors (Lipinski definition) is 2. The monoisotopic (exact) mass is 476 g/mol. The topological polar surface area (TPSA) is 67.7 Å². The van der Waals surface area contributed by atoms with Crippen molar-refractivity contribution < 1.29 is 13.9 Å². The van der Waals surface area contributed by atoms with Gasteiger partial charge in [0.2, 0.25) is 0 Å². The first-order valence-corrected chi connectivity index (χ1v) is 11.6. The SMILES string of the molecule is CCNC(=O)NCCCn1c(-c2ccc(F)cc2)cs/c1=N\Cc1ccc(Cl)cc1OC. The molecule has 3 aromatic rings. The first kappa shape index (κ1) is 23.8. The first-order chi connectivity index (χ1) is 15.5. The van der Waals surface area contributed by atoms with E-state index in [1.54, 1.807) is 25.3 Å². The van der Waals surface area contributed by atoms with Gasteiger partial charge >= 0.3 is 6.03 Å². The molecule has 0 bridgehead atoms. The largest absolute Gasteiger partial charge is 0.496 e. The van der Waals surface area contributed by atoms with Gasteiger partial charge in [-0.2, -0.15) is 0 Å². The van der Waals surface area contributed by atoms with E-state index >= 15 is 0 Å². The molecule has 3 rings (SSSR count). The molecular weight excluding hydrogens is 451 g/mol. The molecule has 1 aromatic heterocycles. The lowest BCUT2D eigenvalue weighted by Gasteiger charge is -2.11. The number of urea groups is 1. The maximum absolute atomic E-state index is 13.4. The number of nitrogens with zero attached hydrogens (tertiary/aromatic N) is 2. The minimum Gasteiger partial charge on any atom is -0.496 e. The van der Waals surface area contributed by atoms with Gasteiger partial charge in [-0.05, 0) is 55.3 Å². The molecule has 0 aliphatic rings. The molecule has 2 N–H and O–H groups in total. The number of nitrogens with one attached hydrogen (secondary N) is 2. The Labute approximate surface area is 195 Å². The summed E-state index contributed by atoms with van der Waals surface area (Å²) in [6.07, 6.45) is 0.722. The average molecular weight is 477 g/mol. The highest BCUT2D eigenvalue weighted by molar-refractivity contribution is 7.07. The molecule has 0 atom stereocenters. The van der Waals surface area contributed by atoms with Crippen LogP contribution in [0, 0.1) is 5.82 Å². The van der Waals surface area contributed by atoms with Crippen LogP contribution in [0.25, 0.3) is 11.3 Å². The van der Waals surface area contributed by atoms with Crippen molar-refractivity contribution in [3.05, 3.63) is 69.0 Å². The zero-order chi connectivity index (χ0) is 22.9. The van der Waals surface area contributed by atoms with Crippen molar-refractivity contribution in [2.45, 2.75) is 26.4 Å². The normalized spacial score (nSPS) is 11.4. The van der Waals surface area contributed by atoms with Gasteiger partial charge < -0.3 is 19.9 Å². The van der Waals surface area contributed by atoms with E-state index in [1.165, 1.54) is 23.5 Å². The molecule has 0 saturated heterocycles. The number of hydrogen-bond acceptors (Lipinski definition) is 4. The lowest BCUT2D eigenvalue weighted by atomic mass is 10.1. The third kappa shape index (κ3) is 6.34. The van der Waals surface area contributed by atoms with E-state index in [9.17, 15) is 9.18 Å². The fourth-order valence-corrected chi connectivity index (χ4v) is 4.28. The van der Waals surface area contributed by atoms with Crippen LogP contribution in [0.5, 0.6) is 5.75 Å². The highest BCUT2D eigenvalue weighted by Gasteiger charge is 2.10. The molecule has 2 aromatic carbocycles. The van der Waals surface area contributed by atoms with Gasteiger partial charge in [0, 0.05) is 35.6 Å². The van der Waals surface area contributed by atoms with Crippen LogP contribution in [0.2, 0.25) is 5.02 Å². The number of carbonyl (C=O) groups excluding carboxylic acids is 1. The second kappa shape index (κ2) is 11.7. The Balaban J connectivity index is 1.85. The highest BCUT2D eigenvalue weighted by atomic mass is 35.5. The van der Waals surface area contributed by atoms with Crippen LogP contribution in [0.3, 0.4) is 0 Å². The van der Waals surface area contributed by atoms with Gasteiger partial charge in [-0.3, -0.25) is 4.99 Å². The number of benzene rings is 2. The molecule has 32 heavy (non-hydrogen) atoms. The fourth-order valence-electron chi connectivity index (χ4n) is 3.19. The van der Waals surface area contributed by atoms with Crippen molar-refractivity contribution in [3.8, 4) is 17.0 Å². The molecule has 9 heteroatoms. The number of aromatic nitrogens is 1. The van der Waals surface area contributed by atoms with E-state index in [1.807, 2.05) is 24.4 Å². The van der Waals surface area contributed by atoms with Crippen molar-refractivity contribution >= 4 is 29.0 Å². The maximum Gasteiger partial charge on any atom is 0.314 e. The summed E-state index contributed by atoms with van der Waals surface area (Å²) in [6.45, 7) is 4.07. The highest BCUT2D eigenvalue weighted by Crippen LogP contribution is 2.24. The molecule has 170 valence electrons. The van der Waals surface area contributed by atoms with Crippen molar-refractivity contribution in [2.24, 2.45) is 4.99 Å². The minimum absolute atomic E-state index is 0.179. The molecule has 0 spiro atoms. The van der Waals surface area contributed by atoms with Gasteiger partial charge in [0.1, 0.15) is 11.6 Å². The van der Waals surface area contributed by atoms with Gasteiger partial charge in [0.05, 0.1) is 19.3 Å². The summed E-state index contributed by atoms with van der Waals surface area (Å²) in [6, 6.07) is 11.7. The molecule has 1 heterocycles. The number of thiazole rings is 1. The Morgan fingerprint density at radius 1 is 1.22 bits per heavy atom. The fraction of sp³-hybridized carbons (Fsp3) is 0.304. The number of rotatable bonds is 9. The zero-order valence-electron chi connectivity index (χ0n) is 18.0. The van der Waals surface area contributed by atoms with E-state index in [0.717, 1.165) is 28.0 Å². The van der Waals surface area contributed by atoms with Crippen LogP contribution in [0.4, 0.5) is 9.18 Å². The molecule has 0 saturated carbocycles. The quantitative estimate of drug-likeness (QED) is 0.434. The van der Waals surface area contributed by atoms with Crippen LogP contribution >= 0.6 is 22.9 Å². The second-order valence-corrected chi connectivity index (χ2v) is 8.25. The van der Waals surface area contributed by atoms with Gasteiger partial charge in [-0.15, -0.1) is 11.3 Å². The molecule has 0 unspecified atom stereocenters. The summed E-state index contributed by atoms with van der Waals surface area (Å²) in [5, 5.41) is 8.18. The molecule has 0 radical (unpaired) electrons. The van der Waals surface area contributed by atoms with Gasteiger partial charge in [0.25, 0.3) is 0 Å². The summed E-state index contributed by atoms with van der Waals surface area (Å²) in [7, 11) is 1.61. The Morgan fingerprint density at radius 2 is 2.00 bits per heavy atom. The average Bonchev–Trinajstić information content (AvgIpc) is 3.19. The summed E-state index contributed by atoms with van der Waals surface area (Å²) in [5.74, 6) is 0.413. The lowest BCUT2D eigenvalue weighted by molar-refractivity contribution is 0.241. The number of carbonyl (C=O) groups is 1. The Kier molecular flexibility index (Phi) is 8.70. The molecule has 0 aliphatic carbocycles. The Morgan fingerprint density at radius 3 is 2.72 bits per heavy atom. The van der Waals surface area contributed by atoms with Gasteiger partial charge in [-0.1, -0.05) is 17.7 Å². The van der Waals surface area contributed by atoms with Crippen LogP contribution in [-0.4, -0.2) is 30.8 Å². The molecule has 2 amide bonds. The smallest absolute Gasteiger partial charge is 0.314 e. The number of halogens is 2. The van der Waals surface area contributed by atoms with Crippen molar-refractivity contribution in [1.82, 2.24) is 15.2 Å². The van der Waals surface area contributed by atoms with Crippen molar-refractivity contribution in [3.63, 3.8) is 0 Å². The summed E-state index contributed by atoms with van der Waals surface area (Å²) in [4.78, 5) is 17.3. The first-order valence-electron chi connectivity index (χ1n) is 10.3. The molecule has 6 nitrogen and oxygen atoms in total. The predicted molar refractivity (Wildman–Crippen MR) is 127 cm³/mol. The minimum atomic E-state index is -0.276.